The summed E-state index contributed by atoms with van der Waals surface area (Å²) in [4.78, 5) is 40.6. The van der Waals surface area contributed by atoms with E-state index in [4.69, 9.17) is 9.84 Å². The molecule has 156 valence electrons. The van der Waals surface area contributed by atoms with Gasteiger partial charge < -0.3 is 14.8 Å². The number of ether oxygens (including phenoxy) is 1. The lowest BCUT2D eigenvalue weighted by Crippen LogP contribution is -2.16. The number of aromatic amines is 1. The number of carboxylic acids is 1. The molecule has 1 aromatic carbocycles. The van der Waals surface area contributed by atoms with E-state index in [1.54, 1.807) is 24.4 Å². The molecule has 3 heterocycles. The molecule has 0 aliphatic rings. The van der Waals surface area contributed by atoms with Crippen LogP contribution in [-0.4, -0.2) is 41.0 Å². The summed E-state index contributed by atoms with van der Waals surface area (Å²) < 4.78 is 7.06. The van der Waals surface area contributed by atoms with E-state index in [-0.39, 0.29) is 30.2 Å². The van der Waals surface area contributed by atoms with E-state index in [0.717, 1.165) is 6.20 Å². The monoisotopic (exact) mass is 422 g/mol. The number of nitrogens with one attached hydrogen (secondary N) is 1. The van der Waals surface area contributed by atoms with Crippen LogP contribution in [0.25, 0.3) is 11.0 Å². The lowest BCUT2D eigenvalue weighted by molar-refractivity contribution is -0.384. The number of H-pyrrole nitrogens is 1. The van der Waals surface area contributed by atoms with Gasteiger partial charge in [-0.15, -0.1) is 5.10 Å². The highest BCUT2D eigenvalue weighted by Gasteiger charge is 2.13. The summed E-state index contributed by atoms with van der Waals surface area (Å²) in [6, 6.07) is 9.30. The Morgan fingerprint density at radius 3 is 2.90 bits per heavy atom. The molecule has 31 heavy (non-hydrogen) atoms. The largest absolute Gasteiger partial charge is 0.477 e. The molecule has 4 rings (SSSR count). The van der Waals surface area contributed by atoms with Gasteiger partial charge in [-0.1, -0.05) is 17.3 Å². The normalized spacial score (nSPS) is 10.8. The minimum atomic E-state index is -1.35. The Bertz CT molecular complexity index is 1360. The van der Waals surface area contributed by atoms with Gasteiger partial charge in [-0.05, 0) is 11.6 Å². The number of fused-ring (bicyclic) bond motifs is 1. The molecule has 0 aliphatic heterocycles. The highest BCUT2D eigenvalue weighted by molar-refractivity contribution is 5.91. The number of nitrogens with zero attached hydrogens (tertiary/aromatic N) is 5. The molecule has 0 saturated carbocycles. The molecule has 4 aromatic rings. The van der Waals surface area contributed by atoms with Crippen molar-refractivity contribution in [2.24, 2.45) is 0 Å². The zero-order valence-electron chi connectivity index (χ0n) is 15.8. The second-order valence-corrected chi connectivity index (χ2v) is 6.51. The topological polar surface area (TPSA) is 166 Å². The Morgan fingerprint density at radius 1 is 1.29 bits per heavy atom. The quantitative estimate of drug-likeness (QED) is 0.333. The first-order chi connectivity index (χ1) is 14.9. The fourth-order valence-electron chi connectivity index (χ4n) is 2.90. The van der Waals surface area contributed by atoms with Gasteiger partial charge in [0.15, 0.2) is 0 Å². The molecule has 0 aliphatic carbocycles. The van der Waals surface area contributed by atoms with Gasteiger partial charge in [0, 0.05) is 24.4 Å². The Kier molecular flexibility index (Phi) is 5.10. The molecule has 0 unspecified atom stereocenters. The number of carboxylic acid groups (broad SMARTS) is 1. The van der Waals surface area contributed by atoms with Crippen LogP contribution in [-0.2, 0) is 13.2 Å². The lowest BCUT2D eigenvalue weighted by atomic mass is 10.2. The van der Waals surface area contributed by atoms with Gasteiger partial charge in [-0.2, -0.15) is 0 Å². The van der Waals surface area contributed by atoms with Crippen LogP contribution in [0, 0.1) is 10.1 Å². The molecular weight excluding hydrogens is 408 g/mol. The zero-order chi connectivity index (χ0) is 22.0. The molecule has 0 saturated heterocycles. The number of nitro groups is 1. The minimum absolute atomic E-state index is 0.00394. The summed E-state index contributed by atoms with van der Waals surface area (Å²) in [6.07, 6.45) is 2.74. The molecule has 0 spiro atoms. The molecule has 0 atom stereocenters. The van der Waals surface area contributed by atoms with E-state index in [9.17, 15) is 19.7 Å². The SMILES string of the molecule is O=C(O)c1c[nH]c2ccc(OCc3cn(Cc4cccc([N+](=O)[O-])c4)nn3)nc2c1=O. The number of aromatic carboxylic acids is 1. The van der Waals surface area contributed by atoms with E-state index >= 15 is 0 Å². The van der Waals surface area contributed by atoms with Crippen molar-refractivity contribution < 1.29 is 19.6 Å². The number of nitro benzene ring substituents is 1. The van der Waals surface area contributed by atoms with Crippen LogP contribution in [0.2, 0.25) is 0 Å². The van der Waals surface area contributed by atoms with Crippen molar-refractivity contribution in [2.75, 3.05) is 0 Å². The molecule has 12 heteroatoms. The van der Waals surface area contributed by atoms with Crippen LogP contribution in [0.1, 0.15) is 21.6 Å². The van der Waals surface area contributed by atoms with E-state index in [0.29, 0.717) is 16.8 Å². The third-order valence-corrected chi connectivity index (χ3v) is 4.35. The molecule has 12 nitrogen and oxygen atoms in total. The van der Waals surface area contributed by atoms with Crippen LogP contribution in [0.5, 0.6) is 5.88 Å². The van der Waals surface area contributed by atoms with Gasteiger partial charge in [0.1, 0.15) is 23.4 Å². The molecule has 3 aromatic heterocycles. The highest BCUT2D eigenvalue weighted by atomic mass is 16.6. The van der Waals surface area contributed by atoms with Crippen LogP contribution in [0.15, 0.2) is 53.6 Å². The predicted octanol–water partition coefficient (Wildman–Crippen LogP) is 1.75. The van der Waals surface area contributed by atoms with Gasteiger partial charge >= 0.3 is 5.97 Å². The first-order valence-electron chi connectivity index (χ1n) is 8.91. The van der Waals surface area contributed by atoms with Crippen molar-refractivity contribution in [3.8, 4) is 5.88 Å². The number of carbonyl (C=O) groups is 1. The average molecular weight is 422 g/mol. The number of pyridine rings is 2. The predicted molar refractivity (Wildman–Crippen MR) is 106 cm³/mol. The molecule has 0 amide bonds. The van der Waals surface area contributed by atoms with Crippen molar-refractivity contribution in [1.82, 2.24) is 25.0 Å². The number of hydrogen-bond donors (Lipinski definition) is 2. The Morgan fingerprint density at radius 2 is 2.13 bits per heavy atom. The summed E-state index contributed by atoms with van der Waals surface area (Å²) in [5.74, 6) is -1.23. The van der Waals surface area contributed by atoms with Crippen molar-refractivity contribution in [3.63, 3.8) is 0 Å². The maximum Gasteiger partial charge on any atom is 0.341 e. The van der Waals surface area contributed by atoms with Crippen molar-refractivity contribution in [3.05, 3.63) is 86.0 Å². The van der Waals surface area contributed by atoms with Gasteiger partial charge in [-0.3, -0.25) is 14.9 Å². The molecule has 2 N–H and O–H groups in total. The van der Waals surface area contributed by atoms with E-state index in [1.807, 2.05) is 0 Å². The first-order valence-corrected chi connectivity index (χ1v) is 8.91. The van der Waals surface area contributed by atoms with Crippen molar-refractivity contribution in [1.29, 1.82) is 0 Å². The summed E-state index contributed by atoms with van der Waals surface area (Å²) in [5.41, 5.74) is 0.356. The second-order valence-electron chi connectivity index (χ2n) is 6.51. The van der Waals surface area contributed by atoms with Gasteiger partial charge in [-0.25, -0.2) is 14.5 Å². The van der Waals surface area contributed by atoms with Crippen LogP contribution < -0.4 is 10.2 Å². The number of non-ortho nitro benzene ring substituents is 1. The minimum Gasteiger partial charge on any atom is -0.477 e. The first kappa shape index (κ1) is 19.7. The van der Waals surface area contributed by atoms with E-state index in [2.05, 4.69) is 20.3 Å². The van der Waals surface area contributed by atoms with Crippen LogP contribution >= 0.6 is 0 Å². The third kappa shape index (κ3) is 4.22. The maximum atomic E-state index is 12.3. The smallest absolute Gasteiger partial charge is 0.341 e. The Balaban J connectivity index is 1.47. The Labute approximate surface area is 172 Å². The Hall–Kier alpha value is -4.61. The van der Waals surface area contributed by atoms with Gasteiger partial charge in [0.2, 0.25) is 11.3 Å². The number of rotatable bonds is 7. The summed E-state index contributed by atoms with van der Waals surface area (Å²) in [6.45, 7) is 0.292. The van der Waals surface area contributed by atoms with E-state index < -0.39 is 21.9 Å². The van der Waals surface area contributed by atoms with Gasteiger partial charge in [0.05, 0.1) is 23.2 Å². The highest BCUT2D eigenvalue weighted by Crippen LogP contribution is 2.15. The number of benzene rings is 1. The molecule has 0 radical (unpaired) electrons. The zero-order valence-corrected chi connectivity index (χ0v) is 15.8. The lowest BCUT2D eigenvalue weighted by Gasteiger charge is -2.05. The fraction of sp³-hybridized carbons (Fsp3) is 0.105. The summed E-state index contributed by atoms with van der Waals surface area (Å²) in [5, 5.41) is 27.9. The van der Waals surface area contributed by atoms with E-state index in [1.165, 1.54) is 22.9 Å². The third-order valence-electron chi connectivity index (χ3n) is 4.35. The standard InChI is InChI=1S/C19H14N6O6/c26-18-14(19(27)28)7-20-15-4-5-16(21-17(15)18)31-10-12-9-24(23-22-12)8-11-2-1-3-13(6-11)25(29)30/h1-7,9H,8,10H2,(H,20,26)(H,27,28). The summed E-state index contributed by atoms with van der Waals surface area (Å²) in [7, 11) is 0. The molecular formula is C19H14N6O6. The fourth-order valence-corrected chi connectivity index (χ4v) is 2.90. The second kappa shape index (κ2) is 8.02. The van der Waals surface area contributed by atoms with Crippen molar-refractivity contribution in [2.45, 2.75) is 13.2 Å². The summed E-state index contributed by atoms with van der Waals surface area (Å²) >= 11 is 0. The maximum absolute atomic E-state index is 12.3. The number of aromatic nitrogens is 5. The van der Waals surface area contributed by atoms with Gasteiger partial charge in [0.25, 0.3) is 5.69 Å². The molecule has 0 bridgehead atoms. The van der Waals surface area contributed by atoms with Crippen LogP contribution in [0.3, 0.4) is 0 Å². The van der Waals surface area contributed by atoms with Crippen molar-refractivity contribution >= 4 is 22.7 Å². The average Bonchev–Trinajstić information content (AvgIpc) is 3.20. The van der Waals surface area contributed by atoms with Crippen LogP contribution in [0.4, 0.5) is 5.69 Å². The number of hydrogen-bond acceptors (Lipinski definition) is 8. The molecule has 0 fully saturated rings.